The minimum Gasteiger partial charge on any atom is -0.548 e. The fraction of sp³-hybridized carbons (Fsp3) is 0.500. The number of hydrogen-bond acceptors (Lipinski definition) is 3. The number of rotatable bonds is 1. The fourth-order valence-corrected chi connectivity index (χ4v) is 0. The Balaban J connectivity index is 0. The summed E-state index contributed by atoms with van der Waals surface area (Å²) in [5.41, 5.74) is 0. The molecule has 0 fully saturated rings. The van der Waals surface area contributed by atoms with Crippen LogP contribution in [0.15, 0.2) is 0 Å². The van der Waals surface area contributed by atoms with Gasteiger partial charge in [-0.1, -0.05) is 0 Å². The molecule has 0 bridgehead atoms. The van der Waals surface area contributed by atoms with Crippen LogP contribution in [0.1, 0.15) is 0 Å². The average molecular weight is 131 g/mol. The Morgan fingerprint density at radius 3 is 2.00 bits per heavy atom. The van der Waals surface area contributed by atoms with Crippen molar-refractivity contribution in [2.45, 2.75) is 0 Å². The van der Waals surface area contributed by atoms with Crippen LogP contribution in [-0.2, 0) is 21.9 Å². The van der Waals surface area contributed by atoms with Crippen molar-refractivity contribution in [2.24, 2.45) is 0 Å². The van der Waals surface area contributed by atoms with Gasteiger partial charge in [-0.05, 0) is 0 Å². The number of carboxylic acids is 1. The predicted molar refractivity (Wildman–Crippen MR) is 12.1 cm³/mol. The van der Waals surface area contributed by atoms with Gasteiger partial charge in [0, 0.05) is 0 Å². The van der Waals surface area contributed by atoms with Crippen molar-refractivity contribution in [2.75, 3.05) is 6.61 Å². The van der Waals surface area contributed by atoms with Gasteiger partial charge in [-0.2, -0.15) is 0 Å². The van der Waals surface area contributed by atoms with Crippen LogP contribution in [0.5, 0.6) is 0 Å². The molecular formula is C2H3FeO3+. The second kappa shape index (κ2) is 4.95. The number of hydrogen-bond donors (Lipinski definition) is 1. The second-order valence-corrected chi connectivity index (χ2v) is 0.530. The van der Waals surface area contributed by atoms with Crippen LogP contribution in [0.3, 0.4) is 0 Å². The summed E-state index contributed by atoms with van der Waals surface area (Å²) in [6.07, 6.45) is 0. The van der Waals surface area contributed by atoms with Gasteiger partial charge in [-0.25, -0.2) is 0 Å². The van der Waals surface area contributed by atoms with Crippen molar-refractivity contribution in [3.05, 3.63) is 0 Å². The van der Waals surface area contributed by atoms with Gasteiger partial charge in [-0.3, -0.25) is 0 Å². The Morgan fingerprint density at radius 1 is 1.83 bits per heavy atom. The van der Waals surface area contributed by atoms with Gasteiger partial charge in [0.25, 0.3) is 0 Å². The van der Waals surface area contributed by atoms with Crippen molar-refractivity contribution in [1.82, 2.24) is 0 Å². The molecule has 1 N–H and O–H groups in total. The third-order valence-corrected chi connectivity index (χ3v) is 0.129. The largest absolute Gasteiger partial charge is 2.00 e. The van der Waals surface area contributed by atoms with Crippen molar-refractivity contribution >= 4 is 5.97 Å². The molecule has 4 heteroatoms. The first-order chi connectivity index (χ1) is 2.27. The Hall–Kier alpha value is -0.0505. The van der Waals surface area contributed by atoms with Gasteiger partial charge in [0.2, 0.25) is 0 Å². The monoisotopic (exact) mass is 131 g/mol. The fourth-order valence-electron chi connectivity index (χ4n) is 0. The summed E-state index contributed by atoms with van der Waals surface area (Å²) in [6.45, 7) is -0.889. The van der Waals surface area contributed by atoms with Gasteiger partial charge in [-0.15, -0.1) is 0 Å². The molecule has 0 aromatic rings. The van der Waals surface area contributed by atoms with Crippen LogP contribution >= 0.6 is 0 Å². The number of aliphatic carboxylic acids is 1. The van der Waals surface area contributed by atoms with E-state index >= 15 is 0 Å². The quantitative estimate of drug-likeness (QED) is 0.408. The molecule has 0 aliphatic rings. The molecule has 0 heterocycles. The zero-order chi connectivity index (χ0) is 4.28. The maximum absolute atomic E-state index is 9.01. The van der Waals surface area contributed by atoms with Crippen molar-refractivity contribution in [3.63, 3.8) is 0 Å². The van der Waals surface area contributed by atoms with E-state index in [1.165, 1.54) is 0 Å². The van der Waals surface area contributed by atoms with Crippen LogP contribution < -0.4 is 5.11 Å². The molecule has 0 unspecified atom stereocenters. The molecule has 0 amide bonds. The van der Waals surface area contributed by atoms with E-state index in [-0.39, 0.29) is 17.1 Å². The minimum absolute atomic E-state index is 0. The Kier molecular flexibility index (Phi) is 7.71. The van der Waals surface area contributed by atoms with Gasteiger partial charge in [0.15, 0.2) is 0 Å². The number of carbonyl (C=O) groups excluding carboxylic acids is 1. The first kappa shape index (κ1) is 9.34. The Labute approximate surface area is 45.4 Å². The standard InChI is InChI=1S/C2H4O3.Fe/c3-1-2(4)5;/h3H,1H2,(H,4,5);/q;+2/p-1. The molecular weight excluding hydrogens is 128 g/mol. The SMILES string of the molecule is O=C([O-])CO.[Fe+2]. The zero-order valence-electron chi connectivity index (χ0n) is 2.82. The maximum atomic E-state index is 9.01. The summed E-state index contributed by atoms with van der Waals surface area (Å²) in [7, 11) is 0. The third-order valence-electron chi connectivity index (χ3n) is 0.129. The number of carboxylic acid groups (broad SMARTS) is 1. The summed E-state index contributed by atoms with van der Waals surface area (Å²) in [5.74, 6) is -1.44. The van der Waals surface area contributed by atoms with E-state index in [2.05, 4.69) is 0 Å². The van der Waals surface area contributed by atoms with Crippen LogP contribution in [0, 0.1) is 0 Å². The smallest absolute Gasteiger partial charge is 0.548 e. The first-order valence-corrected chi connectivity index (χ1v) is 1.08. The molecule has 0 aromatic carbocycles. The van der Waals surface area contributed by atoms with Gasteiger partial charge >= 0.3 is 17.1 Å². The Bertz CT molecular complexity index is 44.1. The molecule has 0 saturated carbocycles. The summed E-state index contributed by atoms with van der Waals surface area (Å²) >= 11 is 0. The van der Waals surface area contributed by atoms with E-state index in [9.17, 15) is 0 Å². The molecule has 6 heavy (non-hydrogen) atoms. The maximum Gasteiger partial charge on any atom is 2.00 e. The van der Waals surface area contributed by atoms with E-state index in [0.717, 1.165) is 0 Å². The summed E-state index contributed by atoms with van der Waals surface area (Å²) < 4.78 is 0. The summed E-state index contributed by atoms with van der Waals surface area (Å²) in [6, 6.07) is 0. The van der Waals surface area contributed by atoms with Gasteiger partial charge in [0.05, 0.1) is 12.6 Å². The van der Waals surface area contributed by atoms with Crippen LogP contribution in [0.2, 0.25) is 0 Å². The number of carbonyl (C=O) groups is 1. The second-order valence-electron chi connectivity index (χ2n) is 0.530. The van der Waals surface area contributed by atoms with E-state index in [0.29, 0.717) is 0 Å². The zero-order valence-corrected chi connectivity index (χ0v) is 3.93. The Morgan fingerprint density at radius 2 is 2.00 bits per heavy atom. The third kappa shape index (κ3) is 9.04. The van der Waals surface area contributed by atoms with Gasteiger partial charge < -0.3 is 15.0 Å². The molecule has 0 radical (unpaired) electrons. The molecule has 0 atom stereocenters. The van der Waals surface area contributed by atoms with Crippen LogP contribution in [0.25, 0.3) is 0 Å². The molecule has 36 valence electrons. The predicted octanol–water partition coefficient (Wildman–Crippen LogP) is -2.27. The van der Waals surface area contributed by atoms with Crippen molar-refractivity contribution < 1.29 is 32.1 Å². The number of aliphatic hydroxyl groups is 1. The van der Waals surface area contributed by atoms with Crippen molar-refractivity contribution in [1.29, 1.82) is 0 Å². The molecule has 0 aliphatic heterocycles. The first-order valence-electron chi connectivity index (χ1n) is 1.08. The minimum atomic E-state index is -1.44. The van der Waals surface area contributed by atoms with E-state index in [4.69, 9.17) is 15.0 Å². The van der Waals surface area contributed by atoms with Crippen LogP contribution in [0.4, 0.5) is 0 Å². The summed E-state index contributed by atoms with van der Waals surface area (Å²) in [5, 5.41) is 16.5. The molecule has 0 rings (SSSR count). The van der Waals surface area contributed by atoms with Crippen molar-refractivity contribution in [3.8, 4) is 0 Å². The van der Waals surface area contributed by atoms with E-state index in [1.807, 2.05) is 0 Å². The molecule has 0 spiro atoms. The molecule has 0 aliphatic carbocycles. The van der Waals surface area contributed by atoms with E-state index in [1.54, 1.807) is 0 Å². The van der Waals surface area contributed by atoms with Gasteiger partial charge in [0.1, 0.15) is 0 Å². The topological polar surface area (TPSA) is 60.4 Å². The van der Waals surface area contributed by atoms with Crippen LogP contribution in [-0.4, -0.2) is 17.7 Å². The normalized spacial score (nSPS) is 6.17. The molecule has 0 aromatic heterocycles. The summed E-state index contributed by atoms with van der Waals surface area (Å²) in [4.78, 5) is 9.01. The van der Waals surface area contributed by atoms with E-state index < -0.39 is 12.6 Å². The number of aliphatic hydroxyl groups excluding tert-OH is 1. The average Bonchev–Trinajstić information content (AvgIpc) is 1.38. The molecule has 3 nitrogen and oxygen atoms in total. The molecule has 0 saturated heterocycles.